The molecule has 0 aliphatic heterocycles. The monoisotopic (exact) mass is 407 g/mol. The number of hydrogen-bond acceptors (Lipinski definition) is 2. The van der Waals surface area contributed by atoms with E-state index in [1.807, 2.05) is 38.1 Å². The van der Waals surface area contributed by atoms with Crippen LogP contribution < -0.4 is 16.0 Å². The zero-order chi connectivity index (χ0) is 20.6. The molecule has 0 saturated carbocycles. The van der Waals surface area contributed by atoms with Crippen molar-refractivity contribution in [3.63, 3.8) is 0 Å². The Kier molecular flexibility index (Phi) is 5.06. The number of para-hydroxylation sites is 1. The van der Waals surface area contributed by atoms with Gasteiger partial charge in [0.05, 0.1) is 5.52 Å². The van der Waals surface area contributed by atoms with Crippen LogP contribution in [0.3, 0.4) is 0 Å². The van der Waals surface area contributed by atoms with Gasteiger partial charge in [-0.05, 0) is 26.0 Å². The Bertz CT molecular complexity index is 1170. The number of aromatic nitrogens is 1. The van der Waals surface area contributed by atoms with Crippen LogP contribution in [0, 0.1) is 13.8 Å². The summed E-state index contributed by atoms with van der Waals surface area (Å²) in [5.41, 5.74) is 2.51. The van der Waals surface area contributed by atoms with Crippen LogP contribution in [-0.2, 0) is 4.57 Å². The third-order valence-corrected chi connectivity index (χ3v) is 8.01. The molecule has 0 spiro atoms. The van der Waals surface area contributed by atoms with Crippen LogP contribution in [0.5, 0.6) is 0 Å². The molecule has 0 N–H and O–H groups in total. The maximum atomic E-state index is 14.6. The number of aryl methyl sites for hydroxylation is 2. The molecule has 0 atom stereocenters. The van der Waals surface area contributed by atoms with E-state index in [2.05, 4.69) is 4.98 Å². The average molecular weight is 407 g/mol. The lowest BCUT2D eigenvalue weighted by molar-refractivity contribution is 0.153. The van der Waals surface area contributed by atoms with Crippen LogP contribution >= 0.6 is 7.14 Å². The highest BCUT2D eigenvalue weighted by molar-refractivity contribution is 7.85. The van der Waals surface area contributed by atoms with Crippen molar-refractivity contribution in [2.75, 3.05) is 0 Å². The molecule has 4 aromatic rings. The molecule has 0 saturated heterocycles. The number of rotatable bonds is 4. The standard InChI is InChI=1S/C24H20F2NOP/c1-16-7-11-18(12-8-16)29(28,19-13-9-17(2)10-14-19)23-15-21(24(25)26)20-5-3-4-6-22(20)27-23/h3-15,24H,1-2H3. The quantitative estimate of drug-likeness (QED) is 0.423. The van der Waals surface area contributed by atoms with Crippen LogP contribution in [0.1, 0.15) is 23.1 Å². The molecule has 1 aromatic heterocycles. The molecule has 2 nitrogen and oxygen atoms in total. The predicted molar refractivity (Wildman–Crippen MR) is 116 cm³/mol. The number of benzene rings is 3. The van der Waals surface area contributed by atoms with Crippen molar-refractivity contribution >= 4 is 34.1 Å². The van der Waals surface area contributed by atoms with E-state index in [1.54, 1.807) is 48.5 Å². The van der Waals surface area contributed by atoms with E-state index in [9.17, 15) is 13.3 Å². The van der Waals surface area contributed by atoms with E-state index in [1.165, 1.54) is 6.07 Å². The highest BCUT2D eigenvalue weighted by atomic mass is 31.2. The van der Waals surface area contributed by atoms with Crippen LogP contribution in [-0.4, -0.2) is 4.98 Å². The van der Waals surface area contributed by atoms with Gasteiger partial charge in [-0.2, -0.15) is 0 Å². The number of hydrogen-bond donors (Lipinski definition) is 0. The Hall–Kier alpha value is -2.84. The van der Waals surface area contributed by atoms with Crippen LogP contribution in [0.4, 0.5) is 8.78 Å². The minimum absolute atomic E-state index is 0.148. The van der Waals surface area contributed by atoms with Gasteiger partial charge in [0.2, 0.25) is 0 Å². The molecule has 3 aromatic carbocycles. The minimum Gasteiger partial charge on any atom is -0.307 e. The lowest BCUT2D eigenvalue weighted by Crippen LogP contribution is -2.27. The van der Waals surface area contributed by atoms with E-state index in [0.29, 0.717) is 21.5 Å². The van der Waals surface area contributed by atoms with Gasteiger partial charge in [0.25, 0.3) is 6.43 Å². The Morgan fingerprint density at radius 3 is 1.83 bits per heavy atom. The molecule has 1 heterocycles. The van der Waals surface area contributed by atoms with Crippen molar-refractivity contribution in [1.82, 2.24) is 4.98 Å². The summed E-state index contributed by atoms with van der Waals surface area (Å²) in [5, 5.41) is 1.54. The van der Waals surface area contributed by atoms with E-state index < -0.39 is 13.6 Å². The molecule has 0 aliphatic rings. The molecule has 4 rings (SSSR count). The van der Waals surface area contributed by atoms with E-state index in [-0.39, 0.29) is 11.0 Å². The molecule has 0 bridgehead atoms. The second-order valence-electron chi connectivity index (χ2n) is 7.17. The minimum atomic E-state index is -3.43. The predicted octanol–water partition coefficient (Wildman–Crippen LogP) is 5.43. The summed E-state index contributed by atoms with van der Waals surface area (Å²) in [7, 11) is -3.43. The van der Waals surface area contributed by atoms with Crippen molar-refractivity contribution in [3.8, 4) is 0 Å². The molecule has 29 heavy (non-hydrogen) atoms. The number of halogens is 2. The first kappa shape index (κ1) is 19.5. The van der Waals surface area contributed by atoms with Gasteiger partial charge in [-0.1, -0.05) is 77.9 Å². The highest BCUT2D eigenvalue weighted by Crippen LogP contribution is 2.43. The summed E-state index contributed by atoms with van der Waals surface area (Å²) in [5.74, 6) is 0. The van der Waals surface area contributed by atoms with Gasteiger partial charge in [0.1, 0.15) is 5.44 Å². The lowest BCUT2D eigenvalue weighted by Gasteiger charge is -2.21. The summed E-state index contributed by atoms with van der Waals surface area (Å²) in [6, 6.07) is 22.8. The first-order valence-electron chi connectivity index (χ1n) is 9.32. The topological polar surface area (TPSA) is 30.0 Å². The molecular weight excluding hydrogens is 387 g/mol. The fourth-order valence-electron chi connectivity index (χ4n) is 3.45. The van der Waals surface area contributed by atoms with Crippen LogP contribution in [0.25, 0.3) is 10.9 Å². The van der Waals surface area contributed by atoms with Gasteiger partial charge in [-0.15, -0.1) is 0 Å². The molecule has 0 fully saturated rings. The molecule has 5 heteroatoms. The summed E-state index contributed by atoms with van der Waals surface area (Å²) in [6.45, 7) is 3.90. The maximum absolute atomic E-state index is 14.6. The lowest BCUT2D eigenvalue weighted by atomic mass is 10.1. The van der Waals surface area contributed by atoms with Gasteiger partial charge in [-0.3, -0.25) is 0 Å². The number of pyridine rings is 1. The van der Waals surface area contributed by atoms with Gasteiger partial charge in [0.15, 0.2) is 7.14 Å². The van der Waals surface area contributed by atoms with E-state index >= 15 is 0 Å². The first-order valence-corrected chi connectivity index (χ1v) is 11.0. The second-order valence-corrected chi connectivity index (χ2v) is 9.88. The zero-order valence-electron chi connectivity index (χ0n) is 16.1. The Balaban J connectivity index is 2.05. The largest absolute Gasteiger partial charge is 0.307 e. The Labute approximate surface area is 168 Å². The van der Waals surface area contributed by atoms with Crippen molar-refractivity contribution in [1.29, 1.82) is 0 Å². The van der Waals surface area contributed by atoms with Crippen LogP contribution in [0.2, 0.25) is 0 Å². The van der Waals surface area contributed by atoms with Gasteiger partial charge < -0.3 is 4.57 Å². The third-order valence-electron chi connectivity index (χ3n) is 5.09. The number of alkyl halides is 2. The first-order chi connectivity index (χ1) is 13.9. The van der Waals surface area contributed by atoms with Crippen molar-refractivity contribution in [3.05, 3.63) is 95.6 Å². The van der Waals surface area contributed by atoms with E-state index in [0.717, 1.165) is 11.1 Å². The SMILES string of the molecule is Cc1ccc(P(=O)(c2ccc(C)cc2)c2cc(C(F)F)c3ccccc3n2)cc1. The summed E-state index contributed by atoms with van der Waals surface area (Å²) < 4.78 is 42.3. The maximum Gasteiger partial charge on any atom is 0.264 e. The Morgan fingerprint density at radius 2 is 1.31 bits per heavy atom. The van der Waals surface area contributed by atoms with E-state index in [4.69, 9.17) is 0 Å². The number of nitrogens with zero attached hydrogens (tertiary/aromatic N) is 1. The highest BCUT2D eigenvalue weighted by Gasteiger charge is 2.33. The Morgan fingerprint density at radius 1 is 0.793 bits per heavy atom. The normalized spacial score (nSPS) is 11.9. The average Bonchev–Trinajstić information content (AvgIpc) is 2.73. The molecule has 0 unspecified atom stereocenters. The van der Waals surface area contributed by atoms with Gasteiger partial charge in [-0.25, -0.2) is 13.8 Å². The summed E-state index contributed by atoms with van der Waals surface area (Å²) in [6.07, 6.45) is -2.69. The van der Waals surface area contributed by atoms with Gasteiger partial charge in [0, 0.05) is 21.6 Å². The van der Waals surface area contributed by atoms with Crippen molar-refractivity contribution < 1.29 is 13.3 Å². The van der Waals surface area contributed by atoms with Crippen molar-refractivity contribution in [2.45, 2.75) is 20.3 Å². The second kappa shape index (κ2) is 7.53. The van der Waals surface area contributed by atoms with Gasteiger partial charge >= 0.3 is 0 Å². The summed E-state index contributed by atoms with van der Waals surface area (Å²) in [4.78, 5) is 4.59. The summed E-state index contributed by atoms with van der Waals surface area (Å²) >= 11 is 0. The number of fused-ring (bicyclic) bond motifs is 1. The smallest absolute Gasteiger partial charge is 0.264 e. The molecular formula is C24H20F2NOP. The fraction of sp³-hybridized carbons (Fsp3) is 0.125. The molecule has 146 valence electrons. The van der Waals surface area contributed by atoms with Crippen molar-refractivity contribution in [2.24, 2.45) is 0 Å². The van der Waals surface area contributed by atoms with Crippen LogP contribution in [0.15, 0.2) is 78.9 Å². The molecule has 0 radical (unpaired) electrons. The fourth-order valence-corrected chi connectivity index (χ4v) is 5.99. The molecule has 0 amide bonds. The molecule has 0 aliphatic carbocycles. The zero-order valence-corrected chi connectivity index (χ0v) is 17.0. The third kappa shape index (κ3) is 3.49.